The Morgan fingerprint density at radius 2 is 1.69 bits per heavy atom. The molecule has 0 spiro atoms. The van der Waals surface area contributed by atoms with Gasteiger partial charge in [0.05, 0.1) is 19.0 Å². The maximum absolute atomic E-state index is 10.9. The van der Waals surface area contributed by atoms with Crippen molar-refractivity contribution < 1.29 is 14.3 Å². The van der Waals surface area contributed by atoms with E-state index in [1.807, 2.05) is 43.3 Å². The number of unbranched alkanes of at least 4 members (excludes halogenated alkanes) is 5. The van der Waals surface area contributed by atoms with Gasteiger partial charge in [-0.1, -0.05) is 69.4 Å². The number of ether oxygens (including phenoxy) is 2. The number of hydrogen-bond donors (Lipinski definition) is 0. The molecule has 5 heteroatoms. The Labute approximate surface area is 174 Å². The van der Waals surface area contributed by atoms with Gasteiger partial charge in [-0.15, -0.1) is 0 Å². The molecule has 5 nitrogen and oxygen atoms in total. The second-order valence-electron chi connectivity index (χ2n) is 7.15. The number of carbonyl (C=O) groups excluding carboxylic acids is 1. The number of nitrogens with zero attached hydrogens (tertiary/aromatic N) is 2. The Kier molecular flexibility index (Phi) is 9.90. The van der Waals surface area contributed by atoms with E-state index < -0.39 is 0 Å². The lowest BCUT2D eigenvalue weighted by atomic mass is 10.1. The fraction of sp³-hybridized carbons (Fsp3) is 0.458. The fourth-order valence-electron chi connectivity index (χ4n) is 2.90. The van der Waals surface area contributed by atoms with Crippen LogP contribution in [0, 0.1) is 0 Å². The second kappa shape index (κ2) is 12.7. The molecule has 0 bridgehead atoms. The number of esters is 1. The lowest BCUT2D eigenvalue weighted by molar-refractivity contribution is -0.143. The van der Waals surface area contributed by atoms with Gasteiger partial charge in [-0.25, -0.2) is 9.97 Å². The predicted molar refractivity (Wildman–Crippen MR) is 117 cm³/mol. The summed E-state index contributed by atoms with van der Waals surface area (Å²) < 4.78 is 10.8. The predicted octanol–water partition coefficient (Wildman–Crippen LogP) is 5.85. The molecular weight excluding hydrogens is 364 g/mol. The first-order valence-electron chi connectivity index (χ1n) is 10.5. The summed E-state index contributed by atoms with van der Waals surface area (Å²) >= 11 is 0. The van der Waals surface area contributed by atoms with Crippen LogP contribution in [-0.4, -0.2) is 28.6 Å². The molecule has 29 heavy (non-hydrogen) atoms. The van der Waals surface area contributed by atoms with Crippen molar-refractivity contribution in [3.8, 4) is 17.1 Å². The second-order valence-corrected chi connectivity index (χ2v) is 7.15. The zero-order valence-corrected chi connectivity index (χ0v) is 17.8. The highest BCUT2D eigenvalue weighted by Gasteiger charge is 2.03. The molecule has 1 atom stereocenters. The van der Waals surface area contributed by atoms with Gasteiger partial charge in [0.25, 0.3) is 0 Å². The summed E-state index contributed by atoms with van der Waals surface area (Å²) in [5.74, 6) is 1.09. The third-order valence-electron chi connectivity index (χ3n) is 4.48. The first-order chi connectivity index (χ1) is 14.1. The highest BCUT2D eigenvalue weighted by atomic mass is 16.5. The van der Waals surface area contributed by atoms with Crippen molar-refractivity contribution in [3.63, 3.8) is 0 Å². The normalized spacial score (nSPS) is 12.1. The Balaban J connectivity index is 1.80. The fourth-order valence-corrected chi connectivity index (χ4v) is 2.90. The summed E-state index contributed by atoms with van der Waals surface area (Å²) in [7, 11) is 0. The van der Waals surface area contributed by atoms with Crippen molar-refractivity contribution in [1.82, 2.24) is 9.97 Å². The van der Waals surface area contributed by atoms with Crippen molar-refractivity contribution in [1.29, 1.82) is 0 Å². The lowest BCUT2D eigenvalue weighted by Crippen LogP contribution is -2.08. The number of aromatic nitrogens is 2. The van der Waals surface area contributed by atoms with Crippen LogP contribution in [0.2, 0.25) is 0 Å². The minimum absolute atomic E-state index is 0.251. The SMILES string of the molecule is CCCCCCCCOc1cnc(-c2ccc(/C=C/C(C)OC(C)=O)cc2)nc1. The van der Waals surface area contributed by atoms with E-state index in [1.54, 1.807) is 12.4 Å². The maximum Gasteiger partial charge on any atom is 0.303 e. The van der Waals surface area contributed by atoms with Gasteiger partial charge >= 0.3 is 5.97 Å². The topological polar surface area (TPSA) is 61.3 Å². The minimum Gasteiger partial charge on any atom is -0.490 e. The van der Waals surface area contributed by atoms with Crippen LogP contribution in [0.4, 0.5) is 0 Å². The van der Waals surface area contributed by atoms with Crippen LogP contribution in [0.15, 0.2) is 42.7 Å². The zero-order chi connectivity index (χ0) is 20.9. The van der Waals surface area contributed by atoms with Crippen molar-refractivity contribution in [2.24, 2.45) is 0 Å². The van der Waals surface area contributed by atoms with E-state index in [1.165, 1.54) is 39.0 Å². The molecule has 2 rings (SSSR count). The van der Waals surface area contributed by atoms with E-state index in [0.717, 1.165) is 17.5 Å². The molecular formula is C24H32N2O3. The van der Waals surface area contributed by atoms with Crippen LogP contribution in [0.25, 0.3) is 17.5 Å². The molecule has 1 heterocycles. The summed E-state index contributed by atoms with van der Waals surface area (Å²) in [6.45, 7) is 6.18. The largest absolute Gasteiger partial charge is 0.490 e. The Morgan fingerprint density at radius 1 is 1.03 bits per heavy atom. The number of benzene rings is 1. The van der Waals surface area contributed by atoms with Crippen LogP contribution in [0.5, 0.6) is 5.75 Å². The van der Waals surface area contributed by atoms with E-state index in [9.17, 15) is 4.79 Å². The molecule has 0 N–H and O–H groups in total. The standard InChI is InChI=1S/C24H32N2O3/c1-4-5-6-7-8-9-16-28-23-17-25-24(26-18-23)22-14-12-21(13-15-22)11-10-19(2)29-20(3)27/h10-15,17-19H,4-9,16H2,1-3H3/b11-10+. The Hall–Kier alpha value is -2.69. The molecule has 1 unspecified atom stereocenters. The van der Waals surface area contributed by atoms with E-state index in [-0.39, 0.29) is 12.1 Å². The summed E-state index contributed by atoms with van der Waals surface area (Å²) in [6.07, 6.45) is 14.4. The maximum atomic E-state index is 10.9. The molecule has 0 aliphatic carbocycles. The van der Waals surface area contributed by atoms with Gasteiger partial charge in [0, 0.05) is 12.5 Å². The average molecular weight is 397 g/mol. The molecule has 1 aromatic heterocycles. The summed E-state index contributed by atoms with van der Waals surface area (Å²) in [6, 6.07) is 7.92. The third kappa shape index (κ3) is 8.90. The third-order valence-corrected chi connectivity index (χ3v) is 4.48. The monoisotopic (exact) mass is 396 g/mol. The highest BCUT2D eigenvalue weighted by molar-refractivity contribution is 5.66. The molecule has 0 saturated carbocycles. The molecule has 0 aliphatic rings. The Morgan fingerprint density at radius 3 is 2.34 bits per heavy atom. The van der Waals surface area contributed by atoms with Crippen molar-refractivity contribution >= 4 is 12.0 Å². The molecule has 0 saturated heterocycles. The molecule has 0 radical (unpaired) electrons. The van der Waals surface area contributed by atoms with Crippen molar-refractivity contribution in [2.75, 3.05) is 6.61 Å². The molecule has 0 aliphatic heterocycles. The van der Waals surface area contributed by atoms with E-state index in [0.29, 0.717) is 18.2 Å². The van der Waals surface area contributed by atoms with Gasteiger partial charge in [0.1, 0.15) is 6.10 Å². The average Bonchev–Trinajstić information content (AvgIpc) is 2.72. The van der Waals surface area contributed by atoms with Gasteiger partial charge in [-0.3, -0.25) is 4.79 Å². The minimum atomic E-state index is -0.283. The molecule has 156 valence electrons. The van der Waals surface area contributed by atoms with Crippen molar-refractivity contribution in [2.45, 2.75) is 65.4 Å². The van der Waals surface area contributed by atoms with Crippen LogP contribution in [-0.2, 0) is 9.53 Å². The van der Waals surface area contributed by atoms with Crippen molar-refractivity contribution in [3.05, 3.63) is 48.3 Å². The molecule has 1 aromatic carbocycles. The zero-order valence-electron chi connectivity index (χ0n) is 17.8. The van der Waals surface area contributed by atoms with Crippen LogP contribution >= 0.6 is 0 Å². The van der Waals surface area contributed by atoms with Gasteiger partial charge < -0.3 is 9.47 Å². The van der Waals surface area contributed by atoms with Crippen LogP contribution in [0.1, 0.15) is 64.9 Å². The Bertz CT molecular complexity index is 755. The summed E-state index contributed by atoms with van der Waals surface area (Å²) in [4.78, 5) is 19.8. The van der Waals surface area contributed by atoms with E-state index >= 15 is 0 Å². The first-order valence-corrected chi connectivity index (χ1v) is 10.5. The molecule has 0 amide bonds. The van der Waals surface area contributed by atoms with Gasteiger partial charge in [-0.05, 0) is 25.0 Å². The summed E-state index contributed by atoms with van der Waals surface area (Å²) in [5, 5.41) is 0. The van der Waals surface area contributed by atoms with E-state index in [2.05, 4.69) is 16.9 Å². The smallest absolute Gasteiger partial charge is 0.303 e. The van der Waals surface area contributed by atoms with Gasteiger partial charge in [0.15, 0.2) is 11.6 Å². The molecule has 2 aromatic rings. The molecule has 0 fully saturated rings. The van der Waals surface area contributed by atoms with Crippen LogP contribution < -0.4 is 4.74 Å². The summed E-state index contributed by atoms with van der Waals surface area (Å²) in [5.41, 5.74) is 1.96. The van der Waals surface area contributed by atoms with E-state index in [4.69, 9.17) is 9.47 Å². The number of hydrogen-bond acceptors (Lipinski definition) is 5. The number of carbonyl (C=O) groups is 1. The van der Waals surface area contributed by atoms with Crippen LogP contribution in [0.3, 0.4) is 0 Å². The quantitative estimate of drug-likeness (QED) is 0.333. The van der Waals surface area contributed by atoms with Gasteiger partial charge in [0.2, 0.25) is 0 Å². The van der Waals surface area contributed by atoms with Gasteiger partial charge in [-0.2, -0.15) is 0 Å². The lowest BCUT2D eigenvalue weighted by Gasteiger charge is -2.07. The first kappa shape index (κ1) is 22.6. The number of rotatable bonds is 12. The highest BCUT2D eigenvalue weighted by Crippen LogP contribution is 2.18.